The number of aromatic nitrogens is 1. The van der Waals surface area contributed by atoms with Gasteiger partial charge in [0, 0.05) is 25.2 Å². The first-order valence-electron chi connectivity index (χ1n) is 4.47. The van der Waals surface area contributed by atoms with Crippen LogP contribution in [0.1, 0.15) is 11.1 Å². The molecule has 0 bridgehead atoms. The molecule has 2 nitrogen and oxygen atoms in total. The Kier molecular flexibility index (Phi) is 1.85. The molecule has 0 radical (unpaired) electrons. The second-order valence-electron chi connectivity index (χ2n) is 3.48. The lowest BCUT2D eigenvalue weighted by Gasteiger charge is -2.03. The van der Waals surface area contributed by atoms with Crippen molar-refractivity contribution >= 4 is 10.9 Å². The third kappa shape index (κ3) is 1.23. The Bertz CT molecular complexity index is 441. The minimum Gasteiger partial charge on any atom is -0.350 e. The van der Waals surface area contributed by atoms with Crippen LogP contribution in [0.3, 0.4) is 0 Å². The molecule has 0 unspecified atom stereocenters. The average Bonchev–Trinajstić information content (AvgIpc) is 2.48. The predicted octanol–water partition coefficient (Wildman–Crippen LogP) is 1.95. The highest BCUT2D eigenvalue weighted by molar-refractivity contribution is 5.83. The molecule has 2 aromatic rings. The predicted molar refractivity (Wildman–Crippen MR) is 55.5 cm³/mol. The number of aryl methyl sites for hydroxylation is 2. The highest BCUT2D eigenvalue weighted by Gasteiger charge is 2.02. The van der Waals surface area contributed by atoms with Gasteiger partial charge in [-0.1, -0.05) is 6.07 Å². The van der Waals surface area contributed by atoms with Gasteiger partial charge in [-0.05, 0) is 30.2 Å². The van der Waals surface area contributed by atoms with Crippen molar-refractivity contribution in [2.75, 3.05) is 0 Å². The molecule has 1 aromatic heterocycles. The van der Waals surface area contributed by atoms with Gasteiger partial charge in [0.1, 0.15) is 0 Å². The lowest BCUT2D eigenvalue weighted by Crippen LogP contribution is -1.97. The summed E-state index contributed by atoms with van der Waals surface area (Å²) in [4.78, 5) is 0. The summed E-state index contributed by atoms with van der Waals surface area (Å²) >= 11 is 0. The van der Waals surface area contributed by atoms with Gasteiger partial charge in [-0.3, -0.25) is 0 Å². The van der Waals surface area contributed by atoms with E-state index < -0.39 is 0 Å². The number of hydrogen-bond donors (Lipinski definition) is 1. The lowest BCUT2D eigenvalue weighted by molar-refractivity contribution is 0.962. The molecule has 0 atom stereocenters. The molecule has 0 amide bonds. The molecule has 1 aromatic carbocycles. The van der Waals surface area contributed by atoms with Crippen LogP contribution in [0.5, 0.6) is 0 Å². The minimum absolute atomic E-state index is 0.617. The first-order chi connectivity index (χ1) is 6.22. The molecule has 0 spiro atoms. The fourth-order valence-electron chi connectivity index (χ4n) is 1.88. The van der Waals surface area contributed by atoms with Gasteiger partial charge in [0.05, 0.1) is 5.52 Å². The van der Waals surface area contributed by atoms with E-state index in [9.17, 15) is 0 Å². The standard InChI is InChI=1S/C11H14N2/c1-8-5-9(7-12)6-10-3-4-13(2)11(8)10/h3-6H,7,12H2,1-2H3. The summed E-state index contributed by atoms with van der Waals surface area (Å²) < 4.78 is 2.14. The largest absolute Gasteiger partial charge is 0.350 e. The molecule has 2 rings (SSSR count). The molecular formula is C11H14N2. The Balaban J connectivity index is 2.79. The number of rotatable bonds is 1. The summed E-state index contributed by atoms with van der Waals surface area (Å²) in [5, 5.41) is 1.28. The Morgan fingerprint density at radius 1 is 1.38 bits per heavy atom. The summed E-state index contributed by atoms with van der Waals surface area (Å²) in [6.07, 6.45) is 2.08. The second kappa shape index (κ2) is 2.89. The van der Waals surface area contributed by atoms with Gasteiger partial charge in [-0.2, -0.15) is 0 Å². The van der Waals surface area contributed by atoms with Gasteiger partial charge in [0.2, 0.25) is 0 Å². The van der Waals surface area contributed by atoms with E-state index >= 15 is 0 Å². The maximum atomic E-state index is 5.61. The molecule has 0 saturated carbocycles. The molecule has 0 aliphatic rings. The number of hydrogen-bond acceptors (Lipinski definition) is 1. The Morgan fingerprint density at radius 2 is 2.15 bits per heavy atom. The highest BCUT2D eigenvalue weighted by atomic mass is 14.9. The molecule has 2 N–H and O–H groups in total. The van der Waals surface area contributed by atoms with Crippen molar-refractivity contribution in [3.8, 4) is 0 Å². The van der Waals surface area contributed by atoms with Crippen LogP contribution in [0.25, 0.3) is 10.9 Å². The molecule has 13 heavy (non-hydrogen) atoms. The van der Waals surface area contributed by atoms with Crippen LogP contribution in [-0.4, -0.2) is 4.57 Å². The van der Waals surface area contributed by atoms with Crippen molar-refractivity contribution in [3.05, 3.63) is 35.5 Å². The third-order valence-corrected chi connectivity index (χ3v) is 2.46. The Hall–Kier alpha value is -1.28. The molecule has 0 aliphatic carbocycles. The van der Waals surface area contributed by atoms with Crippen LogP contribution >= 0.6 is 0 Å². The zero-order chi connectivity index (χ0) is 9.42. The van der Waals surface area contributed by atoms with Crippen LogP contribution in [0.15, 0.2) is 24.4 Å². The second-order valence-corrected chi connectivity index (χ2v) is 3.48. The van der Waals surface area contributed by atoms with Crippen LogP contribution in [0.2, 0.25) is 0 Å². The van der Waals surface area contributed by atoms with E-state index in [1.165, 1.54) is 22.0 Å². The van der Waals surface area contributed by atoms with E-state index in [1.54, 1.807) is 0 Å². The Morgan fingerprint density at radius 3 is 2.85 bits per heavy atom. The lowest BCUT2D eigenvalue weighted by atomic mass is 10.1. The number of nitrogens with zero attached hydrogens (tertiary/aromatic N) is 1. The molecule has 1 heterocycles. The number of fused-ring (bicyclic) bond motifs is 1. The zero-order valence-corrected chi connectivity index (χ0v) is 8.04. The molecule has 2 heteroatoms. The van der Waals surface area contributed by atoms with E-state index in [0.717, 1.165) is 0 Å². The average molecular weight is 174 g/mol. The molecular weight excluding hydrogens is 160 g/mol. The van der Waals surface area contributed by atoms with Crippen molar-refractivity contribution < 1.29 is 0 Å². The van der Waals surface area contributed by atoms with Gasteiger partial charge in [-0.15, -0.1) is 0 Å². The monoisotopic (exact) mass is 174 g/mol. The van der Waals surface area contributed by atoms with E-state index in [4.69, 9.17) is 5.73 Å². The SMILES string of the molecule is Cc1cc(CN)cc2ccn(C)c12. The molecule has 0 fully saturated rings. The molecule has 0 saturated heterocycles. The fourth-order valence-corrected chi connectivity index (χ4v) is 1.88. The zero-order valence-electron chi connectivity index (χ0n) is 8.04. The number of benzene rings is 1. The van der Waals surface area contributed by atoms with E-state index in [1.807, 2.05) is 0 Å². The van der Waals surface area contributed by atoms with Gasteiger partial charge in [0.25, 0.3) is 0 Å². The van der Waals surface area contributed by atoms with Gasteiger partial charge < -0.3 is 10.3 Å². The molecule has 68 valence electrons. The van der Waals surface area contributed by atoms with Crippen molar-refractivity contribution in [1.29, 1.82) is 0 Å². The van der Waals surface area contributed by atoms with E-state index in [0.29, 0.717) is 6.54 Å². The van der Waals surface area contributed by atoms with E-state index in [-0.39, 0.29) is 0 Å². The summed E-state index contributed by atoms with van der Waals surface area (Å²) in [6.45, 7) is 2.74. The summed E-state index contributed by atoms with van der Waals surface area (Å²) in [7, 11) is 2.07. The number of nitrogens with two attached hydrogens (primary N) is 1. The van der Waals surface area contributed by atoms with Crippen molar-refractivity contribution in [3.63, 3.8) is 0 Å². The third-order valence-electron chi connectivity index (χ3n) is 2.46. The summed E-state index contributed by atoms with van der Waals surface area (Å²) in [6, 6.07) is 6.44. The van der Waals surface area contributed by atoms with Gasteiger partial charge in [-0.25, -0.2) is 0 Å². The van der Waals surface area contributed by atoms with Crippen LogP contribution < -0.4 is 5.73 Å². The highest BCUT2D eigenvalue weighted by Crippen LogP contribution is 2.20. The first-order valence-corrected chi connectivity index (χ1v) is 4.47. The molecule has 0 aliphatic heterocycles. The first kappa shape index (κ1) is 8.32. The smallest absolute Gasteiger partial charge is 0.0507 e. The quantitative estimate of drug-likeness (QED) is 0.703. The van der Waals surface area contributed by atoms with Gasteiger partial charge >= 0.3 is 0 Å². The van der Waals surface area contributed by atoms with Crippen molar-refractivity contribution in [2.45, 2.75) is 13.5 Å². The van der Waals surface area contributed by atoms with E-state index in [2.05, 4.69) is 42.9 Å². The minimum atomic E-state index is 0.617. The van der Waals surface area contributed by atoms with Crippen LogP contribution in [0, 0.1) is 6.92 Å². The summed E-state index contributed by atoms with van der Waals surface area (Å²) in [5.41, 5.74) is 9.41. The Labute approximate surface area is 78.0 Å². The normalized spacial score (nSPS) is 11.0. The topological polar surface area (TPSA) is 30.9 Å². The maximum Gasteiger partial charge on any atom is 0.0507 e. The maximum absolute atomic E-state index is 5.61. The van der Waals surface area contributed by atoms with Crippen LogP contribution in [-0.2, 0) is 13.6 Å². The fraction of sp³-hybridized carbons (Fsp3) is 0.273. The summed E-state index contributed by atoms with van der Waals surface area (Å²) in [5.74, 6) is 0. The van der Waals surface area contributed by atoms with Crippen LogP contribution in [0.4, 0.5) is 0 Å². The van der Waals surface area contributed by atoms with Crippen molar-refractivity contribution in [2.24, 2.45) is 12.8 Å². The van der Waals surface area contributed by atoms with Crippen molar-refractivity contribution in [1.82, 2.24) is 4.57 Å². The van der Waals surface area contributed by atoms with Gasteiger partial charge in [0.15, 0.2) is 0 Å².